The zero-order valence-corrected chi connectivity index (χ0v) is 24.9. The number of aromatic nitrogens is 2. The molecule has 2 saturated heterocycles. The Morgan fingerprint density at radius 3 is 2.24 bits per heavy atom. The van der Waals surface area contributed by atoms with Crippen LogP contribution < -0.4 is 11.4 Å². The minimum absolute atomic E-state index is 0.0712. The van der Waals surface area contributed by atoms with Gasteiger partial charge in [0, 0.05) is 28.3 Å². The van der Waals surface area contributed by atoms with Gasteiger partial charge in [-0.05, 0) is 18.1 Å². The number of fused-ring (bicyclic) bond motifs is 1. The van der Waals surface area contributed by atoms with Gasteiger partial charge >= 0.3 is 14.3 Å². The molecular formula is C24H45N3O5Si2. The van der Waals surface area contributed by atoms with Crippen molar-refractivity contribution >= 4 is 22.7 Å². The van der Waals surface area contributed by atoms with Gasteiger partial charge in [-0.15, -0.1) is 0 Å². The molecule has 1 aromatic heterocycles. The van der Waals surface area contributed by atoms with Crippen LogP contribution in [0.5, 0.6) is 0 Å². The third-order valence-electron chi connectivity index (χ3n) is 7.69. The first-order valence-electron chi connectivity index (χ1n) is 12.3. The molecule has 3 atom stereocenters. The van der Waals surface area contributed by atoms with Crippen LogP contribution in [0.15, 0.2) is 11.0 Å². The van der Waals surface area contributed by atoms with E-state index in [1.807, 2.05) is 0 Å². The van der Waals surface area contributed by atoms with Crippen LogP contribution in [0.4, 0.5) is 5.82 Å². The van der Waals surface area contributed by atoms with Gasteiger partial charge in [0.15, 0.2) is 8.32 Å². The molecule has 1 aromatic rings. The van der Waals surface area contributed by atoms with Crippen LogP contribution in [0.3, 0.4) is 0 Å². The zero-order chi connectivity index (χ0) is 25.9. The molecular weight excluding hydrogens is 466 g/mol. The summed E-state index contributed by atoms with van der Waals surface area (Å²) in [4.78, 5) is 16.9. The number of nitrogens with zero attached hydrogens (tertiary/aromatic N) is 2. The predicted molar refractivity (Wildman–Crippen MR) is 139 cm³/mol. The summed E-state index contributed by atoms with van der Waals surface area (Å²) in [7, 11) is -4.59. The summed E-state index contributed by atoms with van der Waals surface area (Å²) in [5.74, 6) is 0.210. The third kappa shape index (κ3) is 4.94. The largest absolute Gasteiger partial charge is 0.412 e. The molecule has 0 saturated carbocycles. The van der Waals surface area contributed by atoms with E-state index >= 15 is 0 Å². The summed E-state index contributed by atoms with van der Waals surface area (Å²) in [6.45, 7) is 24.9. The Hall–Kier alpha value is -1.05. The second-order valence-electron chi connectivity index (χ2n) is 13.3. The fourth-order valence-electron chi connectivity index (χ4n) is 4.82. The van der Waals surface area contributed by atoms with E-state index in [9.17, 15) is 4.79 Å². The Morgan fingerprint density at radius 2 is 1.71 bits per heavy atom. The van der Waals surface area contributed by atoms with Crippen molar-refractivity contribution in [2.75, 3.05) is 12.3 Å². The Morgan fingerprint density at radius 1 is 1.12 bits per heavy atom. The van der Waals surface area contributed by atoms with Crippen molar-refractivity contribution in [3.8, 4) is 0 Å². The molecule has 0 spiro atoms. The molecule has 0 aliphatic carbocycles. The average molecular weight is 512 g/mol. The molecule has 34 heavy (non-hydrogen) atoms. The second kappa shape index (κ2) is 8.81. The van der Waals surface area contributed by atoms with Gasteiger partial charge in [-0.2, -0.15) is 4.98 Å². The molecule has 2 aliphatic heterocycles. The first kappa shape index (κ1) is 27.5. The maximum Gasteiger partial charge on any atom is 0.351 e. The van der Waals surface area contributed by atoms with E-state index in [2.05, 4.69) is 80.4 Å². The highest BCUT2D eigenvalue weighted by molar-refractivity contribution is 6.74. The number of nitrogen functional groups attached to an aromatic ring is 1. The van der Waals surface area contributed by atoms with Crippen molar-refractivity contribution in [1.82, 2.24) is 9.55 Å². The van der Waals surface area contributed by atoms with Gasteiger partial charge in [-0.1, -0.05) is 62.3 Å². The summed E-state index contributed by atoms with van der Waals surface area (Å²) in [5.41, 5.74) is 6.39. The van der Waals surface area contributed by atoms with Crippen molar-refractivity contribution in [1.29, 1.82) is 0 Å². The van der Waals surface area contributed by atoms with Crippen LogP contribution in [-0.2, 0) is 24.6 Å². The highest BCUT2D eigenvalue weighted by Gasteiger charge is 2.63. The van der Waals surface area contributed by atoms with Crippen molar-refractivity contribution in [2.45, 2.75) is 122 Å². The monoisotopic (exact) mass is 511 g/mol. The Kier molecular flexibility index (Phi) is 7.14. The number of rotatable bonds is 4. The number of ether oxygens (including phenoxy) is 1. The molecule has 0 radical (unpaired) electrons. The quantitative estimate of drug-likeness (QED) is 0.562. The third-order valence-corrected chi connectivity index (χ3v) is 17.3. The van der Waals surface area contributed by atoms with Gasteiger partial charge in [0.25, 0.3) is 0 Å². The standard InChI is InChI=1S/C24H45N3O5Si2/c1-22(2,3)33(10,11)29-14-16-13-27(21(28)26-20(16)25)19-12-17-18(31-19)15-30-34(32-17,23(4,5)6)24(7,8)9/h13,17-19H,12,14-15H2,1-11H3,(H2,25,26,28)/t17-,18+,19+/m0/s1. The molecule has 194 valence electrons. The first-order chi connectivity index (χ1) is 15.3. The fraction of sp³-hybridized carbons (Fsp3) is 0.833. The average Bonchev–Trinajstić information content (AvgIpc) is 3.07. The molecule has 0 amide bonds. The van der Waals surface area contributed by atoms with E-state index in [0.717, 1.165) is 0 Å². The van der Waals surface area contributed by atoms with Gasteiger partial charge in [-0.3, -0.25) is 4.57 Å². The molecule has 0 aromatic carbocycles. The number of nitrogens with two attached hydrogens (primary N) is 1. The summed E-state index contributed by atoms with van der Waals surface area (Å²) < 4.78 is 27.5. The lowest BCUT2D eigenvalue weighted by molar-refractivity contribution is -0.0809. The molecule has 3 heterocycles. The van der Waals surface area contributed by atoms with Crippen molar-refractivity contribution in [3.63, 3.8) is 0 Å². The van der Waals surface area contributed by atoms with Crippen molar-refractivity contribution < 1.29 is 18.0 Å². The van der Waals surface area contributed by atoms with Crippen LogP contribution in [0, 0.1) is 0 Å². The lowest BCUT2D eigenvalue weighted by Gasteiger charge is -2.53. The van der Waals surface area contributed by atoms with Crippen LogP contribution in [0.1, 0.15) is 80.5 Å². The molecule has 2 aliphatic rings. The Balaban J connectivity index is 1.84. The topological polar surface area (TPSA) is 97.8 Å². The number of hydrogen-bond donors (Lipinski definition) is 1. The van der Waals surface area contributed by atoms with Crippen LogP contribution in [0.25, 0.3) is 0 Å². The van der Waals surface area contributed by atoms with E-state index in [1.165, 1.54) is 0 Å². The smallest absolute Gasteiger partial charge is 0.351 e. The first-order valence-corrected chi connectivity index (χ1v) is 17.0. The van der Waals surface area contributed by atoms with Gasteiger partial charge < -0.3 is 23.7 Å². The molecule has 2 N–H and O–H groups in total. The van der Waals surface area contributed by atoms with Gasteiger partial charge in [0.1, 0.15) is 18.1 Å². The second-order valence-corrected chi connectivity index (χ2v) is 22.9. The SMILES string of the molecule is CC(C)(C)[Si](C)(C)OCc1cn([C@H]2C[C@@H]3O[Si](C(C)(C)C)(C(C)(C)C)OC[C@H]3O2)c(=O)nc1N. The maximum atomic E-state index is 12.8. The summed E-state index contributed by atoms with van der Waals surface area (Å²) in [6.07, 6.45) is 1.50. The highest BCUT2D eigenvalue weighted by Crippen LogP contribution is 2.55. The lowest BCUT2D eigenvalue weighted by atomic mass is 10.2. The minimum atomic E-state index is -2.61. The van der Waals surface area contributed by atoms with E-state index in [0.29, 0.717) is 25.2 Å². The number of hydrogen-bond acceptors (Lipinski definition) is 7. The summed E-state index contributed by atoms with van der Waals surface area (Å²) in [6, 6.07) is 0. The van der Waals surface area contributed by atoms with E-state index in [-0.39, 0.29) is 33.1 Å². The minimum Gasteiger partial charge on any atom is -0.412 e. The Labute approximate surface area is 206 Å². The molecule has 10 heteroatoms. The van der Waals surface area contributed by atoms with E-state index in [4.69, 9.17) is 23.7 Å². The summed E-state index contributed by atoms with van der Waals surface area (Å²) >= 11 is 0. The normalized spacial score (nSPS) is 25.9. The molecule has 0 bridgehead atoms. The van der Waals surface area contributed by atoms with Crippen molar-refractivity contribution in [3.05, 3.63) is 22.2 Å². The zero-order valence-electron chi connectivity index (χ0n) is 22.9. The molecule has 2 fully saturated rings. The van der Waals surface area contributed by atoms with E-state index in [1.54, 1.807) is 10.8 Å². The van der Waals surface area contributed by atoms with Crippen LogP contribution in [0.2, 0.25) is 28.2 Å². The van der Waals surface area contributed by atoms with Gasteiger partial charge in [0.2, 0.25) is 0 Å². The van der Waals surface area contributed by atoms with Gasteiger partial charge in [0.05, 0.1) is 19.3 Å². The molecule has 8 nitrogen and oxygen atoms in total. The molecule has 0 unspecified atom stereocenters. The maximum absolute atomic E-state index is 12.8. The summed E-state index contributed by atoms with van der Waals surface area (Å²) in [5, 5.41) is -0.147. The predicted octanol–water partition coefficient (Wildman–Crippen LogP) is 5.09. The van der Waals surface area contributed by atoms with Crippen LogP contribution >= 0.6 is 0 Å². The lowest BCUT2D eigenvalue weighted by Crippen LogP contribution is -2.64. The molecule has 3 rings (SSSR count). The van der Waals surface area contributed by atoms with Crippen LogP contribution in [-0.4, -0.2) is 45.2 Å². The van der Waals surface area contributed by atoms with Crippen molar-refractivity contribution in [2.24, 2.45) is 0 Å². The van der Waals surface area contributed by atoms with E-state index < -0.39 is 28.8 Å². The van der Waals surface area contributed by atoms with Gasteiger partial charge in [-0.25, -0.2) is 4.79 Å². The fourth-order valence-corrected chi connectivity index (χ4v) is 10.7. The Bertz CT molecular complexity index is 945. The highest BCUT2D eigenvalue weighted by atomic mass is 28.4. The number of anilines is 1.